The van der Waals surface area contributed by atoms with Crippen LogP contribution in [0.2, 0.25) is 0 Å². The van der Waals surface area contributed by atoms with Crippen LogP contribution in [0.25, 0.3) is 0 Å². The number of pyridine rings is 1. The molecule has 1 aromatic heterocycles. The minimum Gasteiger partial charge on any atom is -0.496 e. The third kappa shape index (κ3) is 3.32. The number of aromatic nitrogens is 1. The molecule has 1 aromatic carbocycles. The third-order valence-electron chi connectivity index (χ3n) is 3.19. The van der Waals surface area contributed by atoms with Crippen molar-refractivity contribution in [2.24, 2.45) is 0 Å². The quantitative estimate of drug-likeness (QED) is 0.915. The van der Waals surface area contributed by atoms with E-state index in [-0.39, 0.29) is 0 Å². The molecule has 1 heterocycles. The van der Waals surface area contributed by atoms with Gasteiger partial charge in [-0.2, -0.15) is 0 Å². The summed E-state index contributed by atoms with van der Waals surface area (Å²) in [5.41, 5.74) is 3.92. The average Bonchev–Trinajstić information content (AvgIpc) is 2.42. The molecule has 3 nitrogen and oxygen atoms in total. The molecule has 0 fully saturated rings. The molecule has 0 aliphatic rings. The lowest BCUT2D eigenvalue weighted by Crippen LogP contribution is -2.04. The highest BCUT2D eigenvalue weighted by Gasteiger charge is 2.11. The Hall–Kier alpha value is -1.87. The summed E-state index contributed by atoms with van der Waals surface area (Å²) in [6.45, 7) is 3.98. The largest absolute Gasteiger partial charge is 0.496 e. The number of aliphatic hydroxyl groups excluding tert-OH is 1. The predicted molar refractivity (Wildman–Crippen MR) is 75.4 cm³/mol. The van der Waals surface area contributed by atoms with Crippen molar-refractivity contribution in [3.8, 4) is 5.75 Å². The van der Waals surface area contributed by atoms with E-state index in [1.807, 2.05) is 50.4 Å². The molecule has 0 spiro atoms. The second-order valence-corrected chi connectivity index (χ2v) is 4.78. The van der Waals surface area contributed by atoms with E-state index in [0.717, 1.165) is 28.1 Å². The summed E-state index contributed by atoms with van der Waals surface area (Å²) in [6, 6.07) is 9.72. The van der Waals surface area contributed by atoms with Gasteiger partial charge in [0.25, 0.3) is 0 Å². The van der Waals surface area contributed by atoms with Gasteiger partial charge in [-0.3, -0.25) is 4.98 Å². The Bertz CT molecular complexity index is 549. The first-order valence-corrected chi connectivity index (χ1v) is 6.34. The highest BCUT2D eigenvalue weighted by molar-refractivity contribution is 5.37. The second-order valence-electron chi connectivity index (χ2n) is 4.78. The van der Waals surface area contributed by atoms with Crippen LogP contribution in [0.5, 0.6) is 5.75 Å². The molecular formula is C16H19NO2. The van der Waals surface area contributed by atoms with Crippen LogP contribution in [-0.4, -0.2) is 17.2 Å². The summed E-state index contributed by atoms with van der Waals surface area (Å²) in [6.07, 6.45) is 1.76. The van der Waals surface area contributed by atoms with E-state index < -0.39 is 6.10 Å². The normalized spacial score (nSPS) is 12.2. The molecular weight excluding hydrogens is 238 g/mol. The minimum atomic E-state index is -0.565. The lowest BCUT2D eigenvalue weighted by atomic mass is 10.0. The number of rotatable bonds is 4. The lowest BCUT2D eigenvalue weighted by Gasteiger charge is -2.13. The maximum Gasteiger partial charge on any atom is 0.122 e. The number of hydrogen-bond donors (Lipinski definition) is 1. The molecule has 0 saturated heterocycles. The first-order chi connectivity index (χ1) is 9.10. The number of hydrogen-bond acceptors (Lipinski definition) is 3. The summed E-state index contributed by atoms with van der Waals surface area (Å²) in [5, 5.41) is 10.3. The minimum absolute atomic E-state index is 0.506. The average molecular weight is 257 g/mol. The molecule has 0 saturated carbocycles. The first kappa shape index (κ1) is 13.6. The summed E-state index contributed by atoms with van der Waals surface area (Å²) in [7, 11) is 1.64. The van der Waals surface area contributed by atoms with Crippen molar-refractivity contribution < 1.29 is 9.84 Å². The SMILES string of the molecule is COc1cc(C(O)Cc2ccc(C)cn2)ccc1C. The number of ether oxygens (including phenoxy) is 1. The lowest BCUT2D eigenvalue weighted by molar-refractivity contribution is 0.177. The van der Waals surface area contributed by atoms with Crippen molar-refractivity contribution in [3.05, 3.63) is 58.9 Å². The molecule has 3 heteroatoms. The van der Waals surface area contributed by atoms with Crippen molar-refractivity contribution in [1.82, 2.24) is 4.98 Å². The van der Waals surface area contributed by atoms with Crippen LogP contribution in [0.4, 0.5) is 0 Å². The van der Waals surface area contributed by atoms with Crippen molar-refractivity contribution >= 4 is 0 Å². The topological polar surface area (TPSA) is 42.4 Å². The van der Waals surface area contributed by atoms with Crippen molar-refractivity contribution in [2.45, 2.75) is 26.4 Å². The summed E-state index contributed by atoms with van der Waals surface area (Å²) in [5.74, 6) is 0.799. The zero-order valence-electron chi connectivity index (χ0n) is 11.6. The zero-order valence-corrected chi connectivity index (χ0v) is 11.6. The maximum atomic E-state index is 10.3. The van der Waals surface area contributed by atoms with Crippen molar-refractivity contribution in [3.63, 3.8) is 0 Å². The molecule has 0 amide bonds. The van der Waals surface area contributed by atoms with Crippen molar-refractivity contribution in [1.29, 1.82) is 0 Å². The van der Waals surface area contributed by atoms with Crippen LogP contribution in [0, 0.1) is 13.8 Å². The molecule has 1 atom stereocenters. The molecule has 100 valence electrons. The molecule has 1 N–H and O–H groups in total. The number of methoxy groups -OCH3 is 1. The second kappa shape index (κ2) is 5.85. The summed E-state index contributed by atoms with van der Waals surface area (Å²) >= 11 is 0. The Morgan fingerprint density at radius 3 is 2.63 bits per heavy atom. The van der Waals surface area contributed by atoms with Gasteiger partial charge in [0.1, 0.15) is 5.75 Å². The predicted octanol–water partition coefficient (Wildman–Crippen LogP) is 2.98. The van der Waals surface area contributed by atoms with Crippen LogP contribution in [-0.2, 0) is 6.42 Å². The Kier molecular flexibility index (Phi) is 4.17. The molecule has 0 aliphatic carbocycles. The van der Waals surface area contributed by atoms with Crippen LogP contribution < -0.4 is 4.74 Å². The van der Waals surface area contributed by atoms with E-state index in [4.69, 9.17) is 4.74 Å². The molecule has 0 aliphatic heterocycles. The van der Waals surface area contributed by atoms with Gasteiger partial charge in [-0.05, 0) is 42.7 Å². The van der Waals surface area contributed by atoms with E-state index in [1.165, 1.54) is 0 Å². The fourth-order valence-electron chi connectivity index (χ4n) is 1.98. The molecule has 0 bridgehead atoms. The molecule has 2 rings (SSSR count). The maximum absolute atomic E-state index is 10.3. The van der Waals surface area contributed by atoms with E-state index in [0.29, 0.717) is 6.42 Å². The van der Waals surface area contributed by atoms with Gasteiger partial charge in [-0.1, -0.05) is 18.2 Å². The van der Waals surface area contributed by atoms with Gasteiger partial charge in [0, 0.05) is 18.3 Å². The molecule has 1 unspecified atom stereocenters. The van der Waals surface area contributed by atoms with Gasteiger partial charge >= 0.3 is 0 Å². The standard InChI is InChI=1S/C16H19NO2/c1-11-4-7-14(17-10-11)9-15(18)13-6-5-12(2)16(8-13)19-3/h4-8,10,15,18H,9H2,1-3H3. The van der Waals surface area contributed by atoms with Gasteiger partial charge in [0.2, 0.25) is 0 Å². The van der Waals surface area contributed by atoms with Gasteiger partial charge in [-0.15, -0.1) is 0 Å². The Morgan fingerprint density at radius 1 is 1.21 bits per heavy atom. The van der Waals surface area contributed by atoms with Crippen LogP contribution in [0.3, 0.4) is 0 Å². The molecule has 19 heavy (non-hydrogen) atoms. The zero-order chi connectivity index (χ0) is 13.8. The van der Waals surface area contributed by atoms with E-state index in [2.05, 4.69) is 4.98 Å². The number of aliphatic hydroxyl groups is 1. The first-order valence-electron chi connectivity index (χ1n) is 6.34. The van der Waals surface area contributed by atoms with Gasteiger partial charge in [0.15, 0.2) is 0 Å². The molecule has 2 aromatic rings. The fourth-order valence-corrected chi connectivity index (χ4v) is 1.98. The Labute approximate surface area is 113 Å². The number of nitrogens with zero attached hydrogens (tertiary/aromatic N) is 1. The summed E-state index contributed by atoms with van der Waals surface area (Å²) < 4.78 is 5.27. The Morgan fingerprint density at radius 2 is 2.00 bits per heavy atom. The van der Waals surface area contributed by atoms with E-state index >= 15 is 0 Å². The smallest absolute Gasteiger partial charge is 0.122 e. The molecule has 0 radical (unpaired) electrons. The van der Waals surface area contributed by atoms with Crippen LogP contribution in [0.15, 0.2) is 36.5 Å². The monoisotopic (exact) mass is 257 g/mol. The van der Waals surface area contributed by atoms with Gasteiger partial charge < -0.3 is 9.84 Å². The van der Waals surface area contributed by atoms with Crippen LogP contribution in [0.1, 0.15) is 28.5 Å². The number of aryl methyl sites for hydroxylation is 2. The highest BCUT2D eigenvalue weighted by atomic mass is 16.5. The van der Waals surface area contributed by atoms with Gasteiger partial charge in [-0.25, -0.2) is 0 Å². The fraction of sp³-hybridized carbons (Fsp3) is 0.312. The summed E-state index contributed by atoms with van der Waals surface area (Å²) in [4.78, 5) is 4.31. The van der Waals surface area contributed by atoms with E-state index in [1.54, 1.807) is 7.11 Å². The highest BCUT2D eigenvalue weighted by Crippen LogP contribution is 2.24. The van der Waals surface area contributed by atoms with Crippen LogP contribution >= 0.6 is 0 Å². The third-order valence-corrected chi connectivity index (χ3v) is 3.19. The van der Waals surface area contributed by atoms with Crippen molar-refractivity contribution in [2.75, 3.05) is 7.11 Å². The van der Waals surface area contributed by atoms with Gasteiger partial charge in [0.05, 0.1) is 13.2 Å². The Balaban J connectivity index is 2.15. The number of benzene rings is 1. The van der Waals surface area contributed by atoms with E-state index in [9.17, 15) is 5.11 Å².